The van der Waals surface area contributed by atoms with Gasteiger partial charge in [0.25, 0.3) is 0 Å². The second-order valence-corrected chi connectivity index (χ2v) is 0.500. The molecule has 0 aromatic rings. The van der Waals surface area contributed by atoms with Crippen LogP contribution in [0.25, 0.3) is 0 Å². The molecule has 0 saturated carbocycles. The summed E-state index contributed by atoms with van der Waals surface area (Å²) < 4.78 is 0. The van der Waals surface area contributed by atoms with Crippen LogP contribution in [-0.4, -0.2) is 0 Å². The smallest absolute Gasteiger partial charge is 0 e. The molecule has 0 aliphatic carbocycles. The summed E-state index contributed by atoms with van der Waals surface area (Å²) in [4.78, 5) is 0. The summed E-state index contributed by atoms with van der Waals surface area (Å²) in [6.45, 7) is 5.50. The Bertz CT molecular complexity index is 3.25. The summed E-state index contributed by atoms with van der Waals surface area (Å²) in [7, 11) is 0. The van der Waals surface area contributed by atoms with E-state index in [4.69, 9.17) is 0 Å². The van der Waals surface area contributed by atoms with Gasteiger partial charge in [0, 0.05) is 17.1 Å². The Kier molecular flexibility index (Phi) is 21.3. The minimum Gasteiger partial charge on any atom is -0.344 e. The minimum absolute atomic E-state index is 0. The predicted octanol–water partition coefficient (Wildman–Crippen LogP) is 1.23. The quantitative estimate of drug-likeness (QED) is 0.315. The average molecular weight is 98.0 g/mol. The van der Waals surface area contributed by atoms with Crippen molar-refractivity contribution in [3.63, 3.8) is 0 Å². The van der Waals surface area contributed by atoms with Gasteiger partial charge in [0.1, 0.15) is 0 Å². The normalized spacial score (nSPS) is 4.50. The maximum Gasteiger partial charge on any atom is 0 e. The van der Waals surface area contributed by atoms with E-state index in [1.165, 1.54) is 0 Å². The standard InChI is InChI=1S/C3H7.Mn/c1-3-2;/h1,3H2,2H3;/q-1;. The molecule has 27 valence electrons. The second-order valence-electron chi connectivity index (χ2n) is 0.500. The minimum atomic E-state index is 0. The fourth-order valence-corrected chi connectivity index (χ4v) is 0. The number of hydrogen-bond acceptors (Lipinski definition) is 0. The van der Waals surface area contributed by atoms with E-state index in [-0.39, 0.29) is 17.1 Å². The van der Waals surface area contributed by atoms with Crippen LogP contribution >= 0.6 is 0 Å². The molecule has 0 aliphatic rings. The summed E-state index contributed by atoms with van der Waals surface area (Å²) in [6.07, 6.45) is 1.00. The van der Waals surface area contributed by atoms with E-state index in [9.17, 15) is 0 Å². The zero-order valence-electron chi connectivity index (χ0n) is 2.79. The zero-order chi connectivity index (χ0) is 2.71. The van der Waals surface area contributed by atoms with Crippen LogP contribution in [0, 0.1) is 6.92 Å². The maximum atomic E-state index is 3.49. The second kappa shape index (κ2) is 9.68. The molecule has 0 spiro atoms. The van der Waals surface area contributed by atoms with E-state index in [1.54, 1.807) is 0 Å². The van der Waals surface area contributed by atoms with Gasteiger partial charge in [0.05, 0.1) is 0 Å². The molecule has 1 radical (unpaired) electrons. The predicted molar refractivity (Wildman–Crippen MR) is 15.6 cm³/mol. The van der Waals surface area contributed by atoms with E-state index >= 15 is 0 Å². The Morgan fingerprint density at radius 1 is 1.75 bits per heavy atom. The van der Waals surface area contributed by atoms with Gasteiger partial charge in [-0.25, -0.2) is 0 Å². The first-order chi connectivity index (χ1) is 1.41. The monoisotopic (exact) mass is 98.0 g/mol. The first-order valence-electron chi connectivity index (χ1n) is 1.21. The first-order valence-corrected chi connectivity index (χ1v) is 1.21. The fourth-order valence-electron chi connectivity index (χ4n) is 0. The molecule has 0 unspecified atom stereocenters. The van der Waals surface area contributed by atoms with Crippen LogP contribution < -0.4 is 0 Å². The van der Waals surface area contributed by atoms with Crippen molar-refractivity contribution >= 4 is 0 Å². The van der Waals surface area contributed by atoms with Gasteiger partial charge < -0.3 is 6.92 Å². The van der Waals surface area contributed by atoms with Crippen molar-refractivity contribution in [1.29, 1.82) is 0 Å². The van der Waals surface area contributed by atoms with Gasteiger partial charge in [-0.2, -0.15) is 6.42 Å². The summed E-state index contributed by atoms with van der Waals surface area (Å²) >= 11 is 0. The van der Waals surface area contributed by atoms with Gasteiger partial charge in [0.2, 0.25) is 0 Å². The molecule has 0 aliphatic heterocycles. The Labute approximate surface area is 38.1 Å². The Morgan fingerprint density at radius 3 is 1.75 bits per heavy atom. The number of rotatable bonds is 0. The molecule has 0 aromatic heterocycles. The van der Waals surface area contributed by atoms with Crippen molar-refractivity contribution in [2.24, 2.45) is 0 Å². The third kappa shape index (κ3) is 21.6. The van der Waals surface area contributed by atoms with Crippen molar-refractivity contribution in [1.82, 2.24) is 0 Å². The first kappa shape index (κ1) is 8.82. The Hall–Kier alpha value is 0.519. The zero-order valence-corrected chi connectivity index (χ0v) is 3.97. The van der Waals surface area contributed by atoms with Gasteiger partial charge in [-0.1, -0.05) is 6.92 Å². The van der Waals surface area contributed by atoms with Gasteiger partial charge in [-0.05, 0) is 0 Å². The molecular weight excluding hydrogens is 91.0 g/mol. The largest absolute Gasteiger partial charge is 0.344 e. The maximum absolute atomic E-state index is 3.49. The molecule has 0 amide bonds. The third-order valence-electron chi connectivity index (χ3n) is 0. The van der Waals surface area contributed by atoms with Crippen LogP contribution in [0.2, 0.25) is 0 Å². The molecule has 0 atom stereocenters. The van der Waals surface area contributed by atoms with Crippen molar-refractivity contribution < 1.29 is 17.1 Å². The molecule has 1 heteroatoms. The topological polar surface area (TPSA) is 0 Å². The molecule has 0 bridgehead atoms. The van der Waals surface area contributed by atoms with E-state index in [1.807, 2.05) is 6.92 Å². The van der Waals surface area contributed by atoms with E-state index in [0.717, 1.165) is 6.42 Å². The summed E-state index contributed by atoms with van der Waals surface area (Å²) in [5.41, 5.74) is 0. The molecule has 0 nitrogen and oxygen atoms in total. The molecule has 0 saturated heterocycles. The van der Waals surface area contributed by atoms with Crippen molar-refractivity contribution in [2.45, 2.75) is 13.3 Å². The van der Waals surface area contributed by atoms with Crippen molar-refractivity contribution in [3.8, 4) is 0 Å². The molecule has 0 rings (SSSR count). The SMILES string of the molecule is [CH2-]CC.[Mn]. The molecular formula is C3H7Mn-. The average Bonchev–Trinajstić information content (AvgIpc) is 0.918. The van der Waals surface area contributed by atoms with Crippen LogP contribution in [0.5, 0.6) is 0 Å². The van der Waals surface area contributed by atoms with Gasteiger partial charge in [-0.15, -0.1) is 0 Å². The van der Waals surface area contributed by atoms with Crippen molar-refractivity contribution in [2.75, 3.05) is 0 Å². The molecule has 0 heterocycles. The summed E-state index contributed by atoms with van der Waals surface area (Å²) in [5.74, 6) is 0. The molecule has 0 N–H and O–H groups in total. The Balaban J connectivity index is 0. The fraction of sp³-hybridized carbons (Fsp3) is 0.667. The molecule has 0 aromatic carbocycles. The van der Waals surface area contributed by atoms with E-state index in [2.05, 4.69) is 6.92 Å². The van der Waals surface area contributed by atoms with Crippen LogP contribution in [-0.2, 0) is 17.1 Å². The number of hydrogen-bond donors (Lipinski definition) is 0. The molecule has 0 fully saturated rings. The Morgan fingerprint density at radius 2 is 1.75 bits per heavy atom. The van der Waals surface area contributed by atoms with Crippen LogP contribution in [0.15, 0.2) is 0 Å². The molecule has 4 heavy (non-hydrogen) atoms. The van der Waals surface area contributed by atoms with E-state index < -0.39 is 0 Å². The van der Waals surface area contributed by atoms with Crippen molar-refractivity contribution in [3.05, 3.63) is 6.92 Å². The van der Waals surface area contributed by atoms with Crippen LogP contribution in [0.1, 0.15) is 13.3 Å². The summed E-state index contributed by atoms with van der Waals surface area (Å²) in [5, 5.41) is 0. The van der Waals surface area contributed by atoms with Crippen LogP contribution in [0.4, 0.5) is 0 Å². The van der Waals surface area contributed by atoms with Gasteiger partial charge >= 0.3 is 0 Å². The summed E-state index contributed by atoms with van der Waals surface area (Å²) in [6, 6.07) is 0. The van der Waals surface area contributed by atoms with Crippen LogP contribution in [0.3, 0.4) is 0 Å². The van der Waals surface area contributed by atoms with Gasteiger partial charge in [-0.3, -0.25) is 0 Å². The van der Waals surface area contributed by atoms with Gasteiger partial charge in [0.15, 0.2) is 0 Å². The van der Waals surface area contributed by atoms with E-state index in [0.29, 0.717) is 0 Å². The third-order valence-corrected chi connectivity index (χ3v) is 0.